The van der Waals surface area contributed by atoms with Crippen LogP contribution in [0.5, 0.6) is 5.75 Å². The molecule has 1 aromatic carbocycles. The smallest absolute Gasteiger partial charge is 0.255 e. The van der Waals surface area contributed by atoms with Gasteiger partial charge in [-0.2, -0.15) is 0 Å². The highest BCUT2D eigenvalue weighted by Gasteiger charge is 2.29. The SMILES string of the molecule is CCC(CBr)(CBr)NC(=O)c1ccc(Cl)cc1OC. The number of rotatable bonds is 6. The van der Waals surface area contributed by atoms with Gasteiger partial charge in [0.05, 0.1) is 18.2 Å². The molecule has 1 N–H and O–H groups in total. The molecular formula is C13H16Br2ClNO2. The summed E-state index contributed by atoms with van der Waals surface area (Å²) in [7, 11) is 1.52. The summed E-state index contributed by atoms with van der Waals surface area (Å²) in [6, 6.07) is 4.97. The molecule has 3 nitrogen and oxygen atoms in total. The zero-order chi connectivity index (χ0) is 14.5. The highest BCUT2D eigenvalue weighted by molar-refractivity contribution is 9.09. The van der Waals surface area contributed by atoms with Crippen molar-refractivity contribution in [2.45, 2.75) is 18.9 Å². The number of alkyl halides is 2. The molecule has 0 atom stereocenters. The molecule has 0 heterocycles. The molecule has 6 heteroatoms. The van der Waals surface area contributed by atoms with Crippen LogP contribution in [0, 0.1) is 0 Å². The number of halogens is 3. The zero-order valence-corrected chi connectivity index (χ0v) is 14.7. The van der Waals surface area contributed by atoms with E-state index in [-0.39, 0.29) is 11.4 Å². The van der Waals surface area contributed by atoms with E-state index in [9.17, 15) is 4.79 Å². The summed E-state index contributed by atoms with van der Waals surface area (Å²) in [4.78, 5) is 12.4. The first-order valence-electron chi connectivity index (χ1n) is 5.80. The Balaban J connectivity index is 3.01. The largest absolute Gasteiger partial charge is 0.496 e. The van der Waals surface area contributed by atoms with Gasteiger partial charge in [-0.25, -0.2) is 0 Å². The third-order valence-corrected chi connectivity index (χ3v) is 5.36. The highest BCUT2D eigenvalue weighted by atomic mass is 79.9. The van der Waals surface area contributed by atoms with Crippen LogP contribution in [0.15, 0.2) is 18.2 Å². The van der Waals surface area contributed by atoms with E-state index in [1.54, 1.807) is 18.2 Å². The standard InChI is InChI=1S/C13H16Br2ClNO2/c1-3-13(7-14,8-15)17-12(18)10-5-4-9(16)6-11(10)19-2/h4-6H,3,7-8H2,1-2H3,(H,17,18). The summed E-state index contributed by atoms with van der Waals surface area (Å²) in [6.07, 6.45) is 0.811. The van der Waals surface area contributed by atoms with Crippen molar-refractivity contribution in [3.63, 3.8) is 0 Å². The fourth-order valence-corrected chi connectivity index (χ4v) is 3.70. The van der Waals surface area contributed by atoms with Gasteiger partial charge in [-0.1, -0.05) is 50.4 Å². The van der Waals surface area contributed by atoms with E-state index in [1.807, 2.05) is 6.92 Å². The van der Waals surface area contributed by atoms with Crippen molar-refractivity contribution in [2.75, 3.05) is 17.8 Å². The molecule has 0 aliphatic rings. The second kappa shape index (κ2) is 7.50. The van der Waals surface area contributed by atoms with Crippen molar-refractivity contribution in [1.82, 2.24) is 5.32 Å². The van der Waals surface area contributed by atoms with Crippen LogP contribution in [0.3, 0.4) is 0 Å². The van der Waals surface area contributed by atoms with Crippen LogP contribution in [0.25, 0.3) is 0 Å². The first kappa shape index (κ1) is 16.8. The average Bonchev–Trinajstić information content (AvgIpc) is 2.44. The minimum atomic E-state index is -0.318. The van der Waals surface area contributed by atoms with Crippen LogP contribution in [0.1, 0.15) is 23.7 Å². The average molecular weight is 414 g/mol. The Morgan fingerprint density at radius 2 is 2.05 bits per heavy atom. The number of amides is 1. The van der Waals surface area contributed by atoms with Crippen LogP contribution in [0.4, 0.5) is 0 Å². The van der Waals surface area contributed by atoms with E-state index >= 15 is 0 Å². The molecule has 0 saturated carbocycles. The Morgan fingerprint density at radius 3 is 2.53 bits per heavy atom. The minimum Gasteiger partial charge on any atom is -0.496 e. The van der Waals surface area contributed by atoms with Gasteiger partial charge in [-0.05, 0) is 24.6 Å². The van der Waals surface area contributed by atoms with Crippen LogP contribution in [0.2, 0.25) is 5.02 Å². The lowest BCUT2D eigenvalue weighted by Crippen LogP contribution is -2.51. The molecular weight excluding hydrogens is 397 g/mol. The molecule has 0 aromatic heterocycles. The minimum absolute atomic E-state index is 0.172. The fourth-order valence-electron chi connectivity index (χ4n) is 1.54. The summed E-state index contributed by atoms with van der Waals surface area (Å²) >= 11 is 12.8. The number of hydrogen-bond donors (Lipinski definition) is 1. The van der Waals surface area contributed by atoms with Crippen LogP contribution < -0.4 is 10.1 Å². The second-order valence-corrected chi connectivity index (χ2v) is 5.76. The third kappa shape index (κ3) is 4.10. The summed E-state index contributed by atoms with van der Waals surface area (Å²) < 4.78 is 5.19. The van der Waals surface area contributed by atoms with Crippen LogP contribution in [-0.2, 0) is 0 Å². The number of carbonyl (C=O) groups excluding carboxylic acids is 1. The van der Waals surface area contributed by atoms with E-state index in [4.69, 9.17) is 16.3 Å². The molecule has 0 bridgehead atoms. The first-order chi connectivity index (χ1) is 9.01. The molecule has 1 amide bonds. The molecule has 1 rings (SSSR count). The molecule has 0 saturated heterocycles. The van der Waals surface area contributed by atoms with Crippen molar-refractivity contribution >= 4 is 49.4 Å². The van der Waals surface area contributed by atoms with Crippen molar-refractivity contribution in [1.29, 1.82) is 0 Å². The Labute approximate surface area is 135 Å². The van der Waals surface area contributed by atoms with E-state index in [2.05, 4.69) is 37.2 Å². The predicted molar refractivity (Wildman–Crippen MR) is 86.1 cm³/mol. The van der Waals surface area contributed by atoms with Gasteiger partial charge in [0.2, 0.25) is 0 Å². The first-order valence-corrected chi connectivity index (χ1v) is 8.42. The third-order valence-electron chi connectivity index (χ3n) is 2.98. The van der Waals surface area contributed by atoms with Crippen molar-refractivity contribution in [2.24, 2.45) is 0 Å². The zero-order valence-electron chi connectivity index (χ0n) is 10.8. The van der Waals surface area contributed by atoms with Crippen molar-refractivity contribution < 1.29 is 9.53 Å². The van der Waals surface area contributed by atoms with E-state index < -0.39 is 0 Å². The normalized spacial score (nSPS) is 11.2. The molecule has 1 aromatic rings. The lowest BCUT2D eigenvalue weighted by molar-refractivity contribution is 0.0912. The number of benzene rings is 1. The van der Waals surface area contributed by atoms with Crippen LogP contribution >= 0.6 is 43.5 Å². The van der Waals surface area contributed by atoms with Gasteiger partial charge in [0.15, 0.2) is 0 Å². The monoisotopic (exact) mass is 411 g/mol. The molecule has 0 fully saturated rings. The number of nitrogens with one attached hydrogen (secondary N) is 1. The van der Waals surface area contributed by atoms with Gasteiger partial charge in [-0.3, -0.25) is 4.79 Å². The Hall–Kier alpha value is -0.260. The summed E-state index contributed by atoms with van der Waals surface area (Å²) in [6.45, 7) is 2.03. The van der Waals surface area contributed by atoms with Gasteiger partial charge in [-0.15, -0.1) is 0 Å². The lowest BCUT2D eigenvalue weighted by atomic mass is 10.0. The van der Waals surface area contributed by atoms with Gasteiger partial charge in [0.25, 0.3) is 5.91 Å². The summed E-state index contributed by atoms with van der Waals surface area (Å²) in [5.74, 6) is 0.299. The van der Waals surface area contributed by atoms with Gasteiger partial charge < -0.3 is 10.1 Å². The van der Waals surface area contributed by atoms with Crippen molar-refractivity contribution in [3.8, 4) is 5.75 Å². The van der Waals surface area contributed by atoms with E-state index in [1.165, 1.54) is 7.11 Å². The predicted octanol–water partition coefficient (Wildman–Crippen LogP) is 4.02. The number of hydrogen-bond acceptors (Lipinski definition) is 2. The summed E-state index contributed by atoms with van der Waals surface area (Å²) in [5.41, 5.74) is 0.161. The lowest BCUT2D eigenvalue weighted by Gasteiger charge is -2.30. The Kier molecular flexibility index (Phi) is 6.63. The molecule has 19 heavy (non-hydrogen) atoms. The molecule has 0 unspecified atom stereocenters. The molecule has 106 valence electrons. The highest BCUT2D eigenvalue weighted by Crippen LogP contribution is 2.25. The molecule has 0 spiro atoms. The maximum Gasteiger partial charge on any atom is 0.255 e. The second-order valence-electron chi connectivity index (χ2n) is 4.20. The number of carbonyl (C=O) groups is 1. The maximum absolute atomic E-state index is 12.4. The Bertz CT molecular complexity index is 442. The van der Waals surface area contributed by atoms with Gasteiger partial charge in [0, 0.05) is 15.7 Å². The van der Waals surface area contributed by atoms with E-state index in [0.717, 1.165) is 6.42 Å². The molecule has 0 aliphatic carbocycles. The fraction of sp³-hybridized carbons (Fsp3) is 0.462. The number of methoxy groups -OCH3 is 1. The van der Waals surface area contributed by atoms with Crippen LogP contribution in [-0.4, -0.2) is 29.2 Å². The van der Waals surface area contributed by atoms with E-state index in [0.29, 0.717) is 27.0 Å². The van der Waals surface area contributed by atoms with Gasteiger partial charge >= 0.3 is 0 Å². The maximum atomic E-state index is 12.4. The topological polar surface area (TPSA) is 38.3 Å². The summed E-state index contributed by atoms with van der Waals surface area (Å²) in [5, 5.41) is 4.91. The molecule has 0 aliphatic heterocycles. The number of ether oxygens (including phenoxy) is 1. The van der Waals surface area contributed by atoms with Gasteiger partial charge in [0.1, 0.15) is 5.75 Å². The Morgan fingerprint density at radius 1 is 1.42 bits per heavy atom. The van der Waals surface area contributed by atoms with Crippen molar-refractivity contribution in [3.05, 3.63) is 28.8 Å². The quantitative estimate of drug-likeness (QED) is 0.716. The molecule has 0 radical (unpaired) electrons.